The van der Waals surface area contributed by atoms with Crippen LogP contribution in [0.1, 0.15) is 17.2 Å². The Balaban J connectivity index is 2.11. The standard InChI is InChI=1S/C18H17NO3/c1-21-14-8-5-7-13(10-14)17(18(20)22-2)16-11-12-6-3-4-9-15(12)19-16/h3-11,17,19H,1-2H3. The minimum atomic E-state index is -0.507. The van der Waals surface area contributed by atoms with Crippen molar-refractivity contribution in [1.29, 1.82) is 0 Å². The fourth-order valence-corrected chi connectivity index (χ4v) is 2.63. The van der Waals surface area contributed by atoms with Gasteiger partial charge in [0.2, 0.25) is 0 Å². The quantitative estimate of drug-likeness (QED) is 0.750. The Kier molecular flexibility index (Phi) is 3.83. The van der Waals surface area contributed by atoms with Crippen molar-refractivity contribution < 1.29 is 14.3 Å². The number of nitrogens with one attached hydrogen (secondary N) is 1. The van der Waals surface area contributed by atoms with Gasteiger partial charge in [0.25, 0.3) is 0 Å². The molecule has 1 heterocycles. The molecular formula is C18H17NO3. The van der Waals surface area contributed by atoms with E-state index in [9.17, 15) is 4.79 Å². The number of fused-ring (bicyclic) bond motifs is 1. The number of carbonyl (C=O) groups is 1. The van der Waals surface area contributed by atoms with E-state index < -0.39 is 5.92 Å². The van der Waals surface area contributed by atoms with E-state index in [1.54, 1.807) is 7.11 Å². The molecule has 0 aliphatic heterocycles. The summed E-state index contributed by atoms with van der Waals surface area (Å²) in [5.41, 5.74) is 2.63. The zero-order valence-electron chi connectivity index (χ0n) is 12.5. The van der Waals surface area contributed by atoms with Crippen molar-refractivity contribution in [3.63, 3.8) is 0 Å². The number of benzene rings is 2. The number of carbonyl (C=O) groups excluding carboxylic acids is 1. The molecule has 1 N–H and O–H groups in total. The molecule has 0 aliphatic carbocycles. The van der Waals surface area contributed by atoms with E-state index in [4.69, 9.17) is 9.47 Å². The number of aromatic amines is 1. The van der Waals surface area contributed by atoms with Crippen molar-refractivity contribution in [2.75, 3.05) is 14.2 Å². The number of aromatic nitrogens is 1. The first-order valence-electron chi connectivity index (χ1n) is 7.02. The molecule has 0 fully saturated rings. The van der Waals surface area contributed by atoms with Gasteiger partial charge in [0.1, 0.15) is 11.7 Å². The number of hydrogen-bond donors (Lipinski definition) is 1. The number of rotatable bonds is 4. The highest BCUT2D eigenvalue weighted by Gasteiger charge is 2.25. The molecule has 4 heteroatoms. The topological polar surface area (TPSA) is 51.3 Å². The van der Waals surface area contributed by atoms with E-state index in [2.05, 4.69) is 4.98 Å². The molecule has 0 amide bonds. The molecule has 1 aromatic heterocycles. The van der Waals surface area contributed by atoms with Crippen LogP contribution in [0.2, 0.25) is 0 Å². The maximum atomic E-state index is 12.3. The summed E-state index contributed by atoms with van der Waals surface area (Å²) < 4.78 is 10.2. The van der Waals surface area contributed by atoms with Gasteiger partial charge in [-0.1, -0.05) is 30.3 Å². The second-order valence-electron chi connectivity index (χ2n) is 5.04. The average Bonchev–Trinajstić information content (AvgIpc) is 2.98. The number of methoxy groups -OCH3 is 2. The van der Waals surface area contributed by atoms with Gasteiger partial charge in [0, 0.05) is 11.2 Å². The summed E-state index contributed by atoms with van der Waals surface area (Å²) in [6, 6.07) is 17.4. The van der Waals surface area contributed by atoms with Gasteiger partial charge in [-0.15, -0.1) is 0 Å². The largest absolute Gasteiger partial charge is 0.497 e. The Morgan fingerprint density at radius 2 is 1.86 bits per heavy atom. The Morgan fingerprint density at radius 3 is 2.59 bits per heavy atom. The van der Waals surface area contributed by atoms with Gasteiger partial charge in [-0.25, -0.2) is 0 Å². The van der Waals surface area contributed by atoms with E-state index in [0.29, 0.717) is 5.75 Å². The highest BCUT2D eigenvalue weighted by molar-refractivity contribution is 5.86. The second kappa shape index (κ2) is 5.93. The van der Waals surface area contributed by atoms with Gasteiger partial charge < -0.3 is 14.5 Å². The van der Waals surface area contributed by atoms with E-state index in [1.165, 1.54) is 7.11 Å². The summed E-state index contributed by atoms with van der Waals surface area (Å²) in [5.74, 6) is -0.102. The molecule has 0 bridgehead atoms. The third kappa shape index (κ3) is 2.55. The molecule has 3 aromatic rings. The van der Waals surface area contributed by atoms with E-state index in [-0.39, 0.29) is 5.97 Å². The SMILES string of the molecule is COC(=O)C(c1cccc(OC)c1)c1cc2ccccc2[nH]1. The first kappa shape index (κ1) is 14.2. The average molecular weight is 295 g/mol. The van der Waals surface area contributed by atoms with Crippen LogP contribution in [0.5, 0.6) is 5.75 Å². The molecule has 0 spiro atoms. The van der Waals surface area contributed by atoms with Crippen molar-refractivity contribution in [3.8, 4) is 5.75 Å². The zero-order valence-corrected chi connectivity index (χ0v) is 12.5. The van der Waals surface area contributed by atoms with Crippen molar-refractivity contribution in [2.24, 2.45) is 0 Å². The van der Waals surface area contributed by atoms with Crippen molar-refractivity contribution in [1.82, 2.24) is 4.98 Å². The van der Waals surface area contributed by atoms with Crippen molar-refractivity contribution in [3.05, 3.63) is 65.9 Å². The maximum Gasteiger partial charge on any atom is 0.319 e. The molecule has 0 aliphatic rings. The third-order valence-electron chi connectivity index (χ3n) is 3.73. The van der Waals surface area contributed by atoms with Gasteiger partial charge in [0.05, 0.1) is 14.2 Å². The van der Waals surface area contributed by atoms with Crippen LogP contribution in [0.4, 0.5) is 0 Å². The number of H-pyrrole nitrogens is 1. The van der Waals surface area contributed by atoms with Gasteiger partial charge in [-0.3, -0.25) is 4.79 Å². The number of para-hydroxylation sites is 1. The molecular weight excluding hydrogens is 278 g/mol. The number of hydrogen-bond acceptors (Lipinski definition) is 3. The monoisotopic (exact) mass is 295 g/mol. The molecule has 0 saturated heterocycles. The fourth-order valence-electron chi connectivity index (χ4n) is 2.63. The minimum absolute atomic E-state index is 0.306. The molecule has 2 aromatic carbocycles. The van der Waals surface area contributed by atoms with E-state index in [0.717, 1.165) is 22.2 Å². The predicted molar refractivity (Wildman–Crippen MR) is 85.2 cm³/mol. The van der Waals surface area contributed by atoms with Crippen LogP contribution in [0, 0.1) is 0 Å². The van der Waals surface area contributed by atoms with Gasteiger partial charge in [-0.05, 0) is 35.2 Å². The first-order valence-corrected chi connectivity index (χ1v) is 7.02. The fraction of sp³-hybridized carbons (Fsp3) is 0.167. The summed E-state index contributed by atoms with van der Waals surface area (Å²) in [6.45, 7) is 0. The molecule has 3 rings (SSSR count). The lowest BCUT2D eigenvalue weighted by Crippen LogP contribution is -2.16. The third-order valence-corrected chi connectivity index (χ3v) is 3.73. The Labute approximate surface area is 128 Å². The van der Waals surface area contributed by atoms with Crippen LogP contribution in [-0.2, 0) is 9.53 Å². The first-order chi connectivity index (χ1) is 10.7. The normalized spacial score (nSPS) is 12.1. The maximum absolute atomic E-state index is 12.3. The molecule has 112 valence electrons. The van der Waals surface area contributed by atoms with Crippen LogP contribution >= 0.6 is 0 Å². The second-order valence-corrected chi connectivity index (χ2v) is 5.04. The lowest BCUT2D eigenvalue weighted by Gasteiger charge is -2.14. The lowest BCUT2D eigenvalue weighted by atomic mass is 9.95. The van der Waals surface area contributed by atoms with Crippen LogP contribution in [0.15, 0.2) is 54.6 Å². The number of ether oxygens (including phenoxy) is 2. The summed E-state index contributed by atoms with van der Waals surface area (Å²) >= 11 is 0. The minimum Gasteiger partial charge on any atom is -0.497 e. The Hall–Kier alpha value is -2.75. The van der Waals surface area contributed by atoms with Gasteiger partial charge in [-0.2, -0.15) is 0 Å². The lowest BCUT2D eigenvalue weighted by molar-refractivity contribution is -0.141. The predicted octanol–water partition coefficient (Wildman–Crippen LogP) is 3.48. The van der Waals surface area contributed by atoms with E-state index in [1.807, 2.05) is 54.6 Å². The highest BCUT2D eigenvalue weighted by atomic mass is 16.5. The zero-order chi connectivity index (χ0) is 15.5. The Bertz CT molecular complexity index is 774. The van der Waals surface area contributed by atoms with Crippen molar-refractivity contribution >= 4 is 16.9 Å². The van der Waals surface area contributed by atoms with Crippen molar-refractivity contribution in [2.45, 2.75) is 5.92 Å². The van der Waals surface area contributed by atoms with Crippen LogP contribution < -0.4 is 4.74 Å². The van der Waals surface area contributed by atoms with Gasteiger partial charge >= 0.3 is 5.97 Å². The summed E-state index contributed by atoms with van der Waals surface area (Å²) in [4.78, 5) is 15.6. The molecule has 22 heavy (non-hydrogen) atoms. The smallest absolute Gasteiger partial charge is 0.319 e. The Morgan fingerprint density at radius 1 is 1.05 bits per heavy atom. The summed E-state index contributed by atoms with van der Waals surface area (Å²) in [7, 11) is 3.01. The van der Waals surface area contributed by atoms with Crippen LogP contribution in [-0.4, -0.2) is 25.2 Å². The molecule has 0 radical (unpaired) electrons. The highest BCUT2D eigenvalue weighted by Crippen LogP contribution is 2.30. The summed E-state index contributed by atoms with van der Waals surface area (Å²) in [6.07, 6.45) is 0. The molecule has 0 saturated carbocycles. The van der Waals surface area contributed by atoms with Crippen LogP contribution in [0.25, 0.3) is 10.9 Å². The van der Waals surface area contributed by atoms with Crippen LogP contribution in [0.3, 0.4) is 0 Å². The number of esters is 1. The molecule has 1 atom stereocenters. The molecule has 1 unspecified atom stereocenters. The molecule has 4 nitrogen and oxygen atoms in total. The van der Waals surface area contributed by atoms with E-state index >= 15 is 0 Å². The summed E-state index contributed by atoms with van der Waals surface area (Å²) in [5, 5.41) is 1.06. The van der Waals surface area contributed by atoms with Gasteiger partial charge in [0.15, 0.2) is 0 Å².